The number of ketones is 1. The molecule has 0 fully saturated rings. The summed E-state index contributed by atoms with van der Waals surface area (Å²) < 4.78 is 11.3. The molecule has 2 rings (SSSR count). The number of ether oxygens (including phenoxy) is 2. The number of benzene rings is 1. The highest BCUT2D eigenvalue weighted by Crippen LogP contribution is 2.35. The Hall–Kier alpha value is -1.55. The van der Waals surface area contributed by atoms with Gasteiger partial charge >= 0.3 is 0 Å². The third-order valence-corrected chi connectivity index (χ3v) is 2.82. The van der Waals surface area contributed by atoms with E-state index in [0.717, 1.165) is 0 Å². The number of fused-ring (bicyclic) bond motifs is 1. The minimum Gasteiger partial charge on any atom is -0.490 e. The van der Waals surface area contributed by atoms with Gasteiger partial charge in [0.25, 0.3) is 0 Å². The lowest BCUT2D eigenvalue weighted by Crippen LogP contribution is -2.35. The summed E-state index contributed by atoms with van der Waals surface area (Å²) >= 11 is 0. The van der Waals surface area contributed by atoms with Crippen LogP contribution in [0.1, 0.15) is 44.5 Å². The van der Waals surface area contributed by atoms with Crippen LogP contribution in [0.3, 0.4) is 0 Å². The number of hydrogen-bond acceptors (Lipinski definition) is 4. The molecule has 0 unspecified atom stereocenters. The van der Waals surface area contributed by atoms with Gasteiger partial charge in [-0.3, -0.25) is 4.79 Å². The first-order valence-electron chi connectivity index (χ1n) is 6.38. The Balaban J connectivity index is 2.21. The molecule has 0 spiro atoms. The number of Topliss-reactive ketones (excluding diaryl/α,β-unsaturated/α-hetero) is 1. The summed E-state index contributed by atoms with van der Waals surface area (Å²) in [6, 6.07) is 5.15. The summed E-state index contributed by atoms with van der Waals surface area (Å²) in [6.07, 6.45) is 0.379. The zero-order chi connectivity index (χ0) is 14.3. The number of carbonyl (C=O) groups excluding carboxylic acids is 1. The number of aliphatic hydroxyl groups is 1. The third-order valence-electron chi connectivity index (χ3n) is 2.82. The minimum absolute atomic E-state index is 0.0836. The van der Waals surface area contributed by atoms with E-state index >= 15 is 0 Å². The molecule has 0 aliphatic carbocycles. The van der Waals surface area contributed by atoms with Crippen molar-refractivity contribution in [1.82, 2.24) is 0 Å². The van der Waals surface area contributed by atoms with Gasteiger partial charge in [-0.05, 0) is 39.8 Å². The SMILES string of the molecule is CC(C)(O)COc1ccc2c(c1)OC(C)(C)CC2=O. The van der Waals surface area contributed by atoms with E-state index in [1.54, 1.807) is 32.0 Å². The first-order valence-corrected chi connectivity index (χ1v) is 6.38. The van der Waals surface area contributed by atoms with E-state index in [1.807, 2.05) is 13.8 Å². The molecule has 0 bridgehead atoms. The van der Waals surface area contributed by atoms with Gasteiger partial charge in [0.2, 0.25) is 0 Å². The van der Waals surface area contributed by atoms with Gasteiger partial charge in [-0.2, -0.15) is 0 Å². The molecule has 4 heteroatoms. The largest absolute Gasteiger partial charge is 0.490 e. The molecular formula is C15H20O4. The summed E-state index contributed by atoms with van der Waals surface area (Å²) in [6.45, 7) is 7.31. The van der Waals surface area contributed by atoms with E-state index in [2.05, 4.69) is 0 Å². The van der Waals surface area contributed by atoms with E-state index < -0.39 is 11.2 Å². The Morgan fingerprint density at radius 1 is 1.42 bits per heavy atom. The highest BCUT2D eigenvalue weighted by molar-refractivity contribution is 6.00. The molecular weight excluding hydrogens is 244 g/mol. The molecule has 0 amide bonds. The third kappa shape index (κ3) is 3.47. The van der Waals surface area contributed by atoms with Crippen LogP contribution >= 0.6 is 0 Å². The number of rotatable bonds is 3. The summed E-state index contributed by atoms with van der Waals surface area (Å²) in [5.41, 5.74) is -0.792. The van der Waals surface area contributed by atoms with Gasteiger partial charge in [0.1, 0.15) is 23.7 Å². The molecule has 1 aromatic rings. The highest BCUT2D eigenvalue weighted by Gasteiger charge is 2.32. The fraction of sp³-hybridized carbons (Fsp3) is 0.533. The van der Waals surface area contributed by atoms with Crippen LogP contribution in [-0.2, 0) is 0 Å². The maximum atomic E-state index is 12.0. The van der Waals surface area contributed by atoms with E-state index in [1.165, 1.54) is 0 Å². The number of carbonyl (C=O) groups is 1. The van der Waals surface area contributed by atoms with Gasteiger partial charge in [-0.25, -0.2) is 0 Å². The van der Waals surface area contributed by atoms with Gasteiger partial charge in [0.05, 0.1) is 17.6 Å². The van der Waals surface area contributed by atoms with Gasteiger partial charge in [-0.1, -0.05) is 0 Å². The first kappa shape index (κ1) is 13.9. The number of hydrogen-bond donors (Lipinski definition) is 1. The second-order valence-corrected chi connectivity index (χ2v) is 6.22. The van der Waals surface area contributed by atoms with Crippen molar-refractivity contribution in [3.8, 4) is 11.5 Å². The molecule has 1 aliphatic heterocycles. The zero-order valence-corrected chi connectivity index (χ0v) is 11.8. The molecule has 0 atom stereocenters. The van der Waals surface area contributed by atoms with Crippen molar-refractivity contribution in [3.63, 3.8) is 0 Å². The van der Waals surface area contributed by atoms with Gasteiger partial charge < -0.3 is 14.6 Å². The minimum atomic E-state index is -0.897. The van der Waals surface area contributed by atoms with E-state index in [9.17, 15) is 9.90 Å². The van der Waals surface area contributed by atoms with Gasteiger partial charge in [0, 0.05) is 6.07 Å². The lowest BCUT2D eigenvalue weighted by atomic mass is 9.93. The molecule has 0 saturated carbocycles. The van der Waals surface area contributed by atoms with Crippen LogP contribution < -0.4 is 9.47 Å². The topological polar surface area (TPSA) is 55.8 Å². The molecule has 0 aromatic heterocycles. The molecule has 1 N–H and O–H groups in total. The Labute approximate surface area is 113 Å². The Bertz CT molecular complexity index is 497. The molecule has 1 aliphatic rings. The lowest BCUT2D eigenvalue weighted by Gasteiger charge is -2.31. The predicted octanol–water partition coefficient (Wildman–Crippen LogP) is 2.58. The maximum Gasteiger partial charge on any atom is 0.170 e. The van der Waals surface area contributed by atoms with Gasteiger partial charge in [-0.15, -0.1) is 0 Å². The van der Waals surface area contributed by atoms with Crippen LogP contribution in [0.4, 0.5) is 0 Å². The van der Waals surface area contributed by atoms with E-state index in [0.29, 0.717) is 23.5 Å². The normalized spacial score (nSPS) is 17.6. The van der Waals surface area contributed by atoms with Crippen LogP contribution in [0.25, 0.3) is 0 Å². The van der Waals surface area contributed by atoms with Crippen LogP contribution in [0.15, 0.2) is 18.2 Å². The van der Waals surface area contributed by atoms with Crippen molar-refractivity contribution >= 4 is 5.78 Å². The van der Waals surface area contributed by atoms with E-state index in [-0.39, 0.29) is 12.4 Å². The second-order valence-electron chi connectivity index (χ2n) is 6.22. The van der Waals surface area contributed by atoms with Crippen molar-refractivity contribution in [3.05, 3.63) is 23.8 Å². The molecule has 0 saturated heterocycles. The fourth-order valence-corrected chi connectivity index (χ4v) is 1.98. The zero-order valence-electron chi connectivity index (χ0n) is 11.8. The second kappa shape index (κ2) is 4.53. The smallest absolute Gasteiger partial charge is 0.170 e. The molecule has 0 radical (unpaired) electrons. The van der Waals surface area contributed by atoms with Crippen molar-refractivity contribution < 1.29 is 19.4 Å². The maximum absolute atomic E-state index is 12.0. The average Bonchev–Trinajstić information content (AvgIpc) is 2.23. The van der Waals surface area contributed by atoms with E-state index in [4.69, 9.17) is 9.47 Å². The fourth-order valence-electron chi connectivity index (χ4n) is 1.98. The van der Waals surface area contributed by atoms with Crippen LogP contribution in [0, 0.1) is 0 Å². The molecule has 104 valence electrons. The monoisotopic (exact) mass is 264 g/mol. The summed E-state index contributed by atoms with van der Waals surface area (Å²) in [4.78, 5) is 12.0. The summed E-state index contributed by atoms with van der Waals surface area (Å²) in [5, 5.41) is 9.63. The molecule has 1 aromatic carbocycles. The Morgan fingerprint density at radius 3 is 2.74 bits per heavy atom. The van der Waals surface area contributed by atoms with Crippen LogP contribution in [-0.4, -0.2) is 28.7 Å². The Kier molecular flexibility index (Phi) is 3.31. The summed E-state index contributed by atoms with van der Waals surface area (Å²) in [7, 11) is 0. The molecule has 1 heterocycles. The molecule has 4 nitrogen and oxygen atoms in total. The van der Waals surface area contributed by atoms with Gasteiger partial charge in [0.15, 0.2) is 5.78 Å². The van der Waals surface area contributed by atoms with Crippen molar-refractivity contribution in [1.29, 1.82) is 0 Å². The highest BCUT2D eigenvalue weighted by atomic mass is 16.5. The lowest BCUT2D eigenvalue weighted by molar-refractivity contribution is 0.0279. The summed E-state index contributed by atoms with van der Waals surface area (Å²) in [5.74, 6) is 1.22. The average molecular weight is 264 g/mol. The standard InChI is InChI=1S/C15H20O4/c1-14(2,17)9-18-10-5-6-11-12(16)8-15(3,4)19-13(11)7-10/h5-7,17H,8-9H2,1-4H3. The van der Waals surface area contributed by atoms with Crippen molar-refractivity contribution in [2.45, 2.75) is 45.3 Å². The molecule has 19 heavy (non-hydrogen) atoms. The van der Waals surface area contributed by atoms with Crippen LogP contribution in [0.2, 0.25) is 0 Å². The van der Waals surface area contributed by atoms with Crippen molar-refractivity contribution in [2.75, 3.05) is 6.61 Å². The quantitative estimate of drug-likeness (QED) is 0.911. The Morgan fingerprint density at radius 2 is 2.11 bits per heavy atom. The first-order chi connectivity index (χ1) is 8.66. The van der Waals surface area contributed by atoms with Crippen LogP contribution in [0.5, 0.6) is 11.5 Å². The predicted molar refractivity (Wildman–Crippen MR) is 71.9 cm³/mol. The van der Waals surface area contributed by atoms with Crippen molar-refractivity contribution in [2.24, 2.45) is 0 Å².